The third kappa shape index (κ3) is 4.07. The van der Waals surface area contributed by atoms with Crippen molar-refractivity contribution in [3.05, 3.63) is 71.2 Å². The van der Waals surface area contributed by atoms with Crippen LogP contribution in [0.25, 0.3) is 0 Å². The molecule has 0 radical (unpaired) electrons. The lowest BCUT2D eigenvalue weighted by molar-refractivity contribution is 0.361. The van der Waals surface area contributed by atoms with Gasteiger partial charge in [0.15, 0.2) is 0 Å². The van der Waals surface area contributed by atoms with Gasteiger partial charge in [0.05, 0.1) is 10.2 Å². The van der Waals surface area contributed by atoms with Gasteiger partial charge < -0.3 is 4.74 Å². The van der Waals surface area contributed by atoms with Crippen molar-refractivity contribution >= 4 is 27.8 Å². The second kappa shape index (κ2) is 6.90. The molecule has 2 nitrogen and oxygen atoms in total. The van der Waals surface area contributed by atoms with Crippen LogP contribution in [0.1, 0.15) is 5.56 Å². The first-order valence-corrected chi connectivity index (χ1v) is 6.71. The molecule has 0 aliphatic heterocycles. The van der Waals surface area contributed by atoms with E-state index in [-0.39, 0.29) is 0 Å². The number of ether oxygens (including phenoxy) is 1. The molecule has 3 heteroatoms. The van der Waals surface area contributed by atoms with E-state index in [4.69, 9.17) is 4.74 Å². The molecule has 0 heterocycles. The summed E-state index contributed by atoms with van der Waals surface area (Å²) in [6.07, 6.45) is 3.55. The third-order valence-electron chi connectivity index (χ3n) is 2.43. The lowest BCUT2D eigenvalue weighted by Gasteiger charge is -2.06. The minimum Gasteiger partial charge on any atom is -0.488 e. The van der Waals surface area contributed by atoms with Crippen molar-refractivity contribution < 1.29 is 4.74 Å². The Bertz CT molecular complexity index is 579. The zero-order chi connectivity index (χ0) is 13.5. The Kier molecular flexibility index (Phi) is 4.93. The molecule has 0 N–H and O–H groups in total. The van der Waals surface area contributed by atoms with Gasteiger partial charge in [-0.05, 0) is 51.8 Å². The fraction of sp³-hybridized carbons (Fsp3) is 0.0625. The summed E-state index contributed by atoms with van der Waals surface area (Å²) in [4.78, 5) is 4.41. The quantitative estimate of drug-likeness (QED) is 0.575. The maximum absolute atomic E-state index is 5.49. The molecule has 0 unspecified atom stereocenters. The van der Waals surface area contributed by atoms with Crippen LogP contribution in [0.5, 0.6) is 5.75 Å². The first kappa shape index (κ1) is 13.6. The summed E-state index contributed by atoms with van der Waals surface area (Å²) in [5.74, 6) is 0.803. The number of benzene rings is 2. The molecule has 0 fully saturated rings. The zero-order valence-electron chi connectivity index (χ0n) is 10.4. The molecule has 0 saturated heterocycles. The highest BCUT2D eigenvalue weighted by Gasteiger charge is 2.00. The fourth-order valence-electron chi connectivity index (χ4n) is 1.53. The van der Waals surface area contributed by atoms with Crippen molar-refractivity contribution in [3.63, 3.8) is 0 Å². The standard InChI is InChI=1S/C16H14BrNO/c1-2-10-19-16-9-8-13(11-15(16)17)12-18-14-6-4-3-5-7-14/h2-9,11-12H,1,10H2. The van der Waals surface area contributed by atoms with E-state index in [1.165, 1.54) is 0 Å². The first-order chi connectivity index (χ1) is 9.29. The Morgan fingerprint density at radius 1 is 1.16 bits per heavy atom. The van der Waals surface area contributed by atoms with Gasteiger partial charge in [-0.25, -0.2) is 0 Å². The van der Waals surface area contributed by atoms with Crippen molar-refractivity contribution in [1.29, 1.82) is 0 Å². The minimum atomic E-state index is 0.496. The summed E-state index contributed by atoms with van der Waals surface area (Å²) < 4.78 is 6.40. The summed E-state index contributed by atoms with van der Waals surface area (Å²) in [7, 11) is 0. The molecule has 0 bridgehead atoms. The highest BCUT2D eigenvalue weighted by atomic mass is 79.9. The largest absolute Gasteiger partial charge is 0.488 e. The summed E-state index contributed by atoms with van der Waals surface area (Å²) in [5.41, 5.74) is 1.95. The van der Waals surface area contributed by atoms with Gasteiger partial charge >= 0.3 is 0 Å². The number of para-hydroxylation sites is 1. The molecule has 19 heavy (non-hydrogen) atoms. The summed E-state index contributed by atoms with van der Waals surface area (Å²) in [6, 6.07) is 15.7. The van der Waals surface area contributed by atoms with Crippen LogP contribution in [0.2, 0.25) is 0 Å². The smallest absolute Gasteiger partial charge is 0.133 e. The van der Waals surface area contributed by atoms with E-state index in [0.717, 1.165) is 21.5 Å². The van der Waals surface area contributed by atoms with Crippen molar-refractivity contribution in [2.24, 2.45) is 4.99 Å². The monoisotopic (exact) mass is 315 g/mol. The SMILES string of the molecule is C=CCOc1ccc(C=Nc2ccccc2)cc1Br. The Labute approximate surface area is 121 Å². The van der Waals surface area contributed by atoms with Crippen molar-refractivity contribution in [1.82, 2.24) is 0 Å². The van der Waals surface area contributed by atoms with Gasteiger partial charge in [0.2, 0.25) is 0 Å². The maximum Gasteiger partial charge on any atom is 0.133 e. The molecule has 0 aliphatic rings. The zero-order valence-corrected chi connectivity index (χ0v) is 12.0. The number of hydrogen-bond donors (Lipinski definition) is 0. The molecule has 0 saturated carbocycles. The number of hydrogen-bond acceptors (Lipinski definition) is 2. The number of rotatable bonds is 5. The molecule has 0 atom stereocenters. The molecular weight excluding hydrogens is 302 g/mol. The molecule has 0 amide bonds. The van der Waals surface area contributed by atoms with Crippen LogP contribution in [0.4, 0.5) is 5.69 Å². The molecular formula is C16H14BrNO. The van der Waals surface area contributed by atoms with E-state index in [0.29, 0.717) is 6.61 Å². The lowest BCUT2D eigenvalue weighted by Crippen LogP contribution is -1.94. The highest BCUT2D eigenvalue weighted by Crippen LogP contribution is 2.25. The van der Waals surface area contributed by atoms with E-state index in [1.54, 1.807) is 6.08 Å². The van der Waals surface area contributed by atoms with Crippen LogP contribution >= 0.6 is 15.9 Å². The van der Waals surface area contributed by atoms with E-state index in [2.05, 4.69) is 27.5 Å². The molecule has 2 aromatic rings. The van der Waals surface area contributed by atoms with Gasteiger partial charge in [-0.1, -0.05) is 30.9 Å². The predicted octanol–water partition coefficient (Wildman–Crippen LogP) is 4.76. The topological polar surface area (TPSA) is 21.6 Å². The van der Waals surface area contributed by atoms with Gasteiger partial charge in [-0.15, -0.1) is 0 Å². The number of nitrogens with zero attached hydrogens (tertiary/aromatic N) is 1. The van der Waals surface area contributed by atoms with Gasteiger partial charge in [-0.3, -0.25) is 4.99 Å². The number of aliphatic imine (C=N–C) groups is 1. The van der Waals surface area contributed by atoms with E-state index >= 15 is 0 Å². The predicted molar refractivity (Wildman–Crippen MR) is 83.5 cm³/mol. The van der Waals surface area contributed by atoms with E-state index in [9.17, 15) is 0 Å². The highest BCUT2D eigenvalue weighted by molar-refractivity contribution is 9.10. The molecule has 96 valence electrons. The molecule has 0 aliphatic carbocycles. The van der Waals surface area contributed by atoms with Crippen LogP contribution in [0, 0.1) is 0 Å². The van der Waals surface area contributed by atoms with Crippen molar-refractivity contribution in [3.8, 4) is 5.75 Å². The van der Waals surface area contributed by atoms with Crippen LogP contribution in [-0.2, 0) is 0 Å². The molecule has 2 rings (SSSR count). The molecule has 0 spiro atoms. The van der Waals surface area contributed by atoms with E-state index in [1.807, 2.05) is 54.7 Å². The van der Waals surface area contributed by atoms with Crippen LogP contribution in [-0.4, -0.2) is 12.8 Å². The molecule has 0 aromatic heterocycles. The number of halogens is 1. The van der Waals surface area contributed by atoms with E-state index < -0.39 is 0 Å². The summed E-state index contributed by atoms with van der Waals surface area (Å²) >= 11 is 3.48. The second-order valence-electron chi connectivity index (χ2n) is 3.88. The summed E-state index contributed by atoms with van der Waals surface area (Å²) in [5, 5.41) is 0. The minimum absolute atomic E-state index is 0.496. The summed E-state index contributed by atoms with van der Waals surface area (Å²) in [6.45, 7) is 4.12. The van der Waals surface area contributed by atoms with Crippen molar-refractivity contribution in [2.75, 3.05) is 6.61 Å². The van der Waals surface area contributed by atoms with Gasteiger partial charge in [0.25, 0.3) is 0 Å². The first-order valence-electron chi connectivity index (χ1n) is 5.92. The Balaban J connectivity index is 2.12. The van der Waals surface area contributed by atoms with Crippen LogP contribution in [0.15, 0.2) is 70.7 Å². The normalized spacial score (nSPS) is 10.6. The fourth-order valence-corrected chi connectivity index (χ4v) is 2.04. The molecule has 2 aromatic carbocycles. The second-order valence-corrected chi connectivity index (χ2v) is 4.74. The van der Waals surface area contributed by atoms with Crippen LogP contribution < -0.4 is 4.74 Å². The Hall–Kier alpha value is -1.87. The average molecular weight is 316 g/mol. The Morgan fingerprint density at radius 3 is 2.63 bits per heavy atom. The third-order valence-corrected chi connectivity index (χ3v) is 3.05. The van der Waals surface area contributed by atoms with Crippen LogP contribution in [0.3, 0.4) is 0 Å². The van der Waals surface area contributed by atoms with Gasteiger partial charge in [0, 0.05) is 6.21 Å². The van der Waals surface area contributed by atoms with Gasteiger partial charge in [0.1, 0.15) is 12.4 Å². The van der Waals surface area contributed by atoms with Crippen molar-refractivity contribution in [2.45, 2.75) is 0 Å². The lowest BCUT2D eigenvalue weighted by atomic mass is 10.2. The maximum atomic E-state index is 5.49. The Morgan fingerprint density at radius 2 is 1.95 bits per heavy atom. The van der Waals surface area contributed by atoms with Gasteiger partial charge in [-0.2, -0.15) is 0 Å². The average Bonchev–Trinajstić information content (AvgIpc) is 2.45.